The second-order valence-electron chi connectivity index (χ2n) is 6.39. The first kappa shape index (κ1) is 16.5. The van der Waals surface area contributed by atoms with Gasteiger partial charge in [0.2, 0.25) is 5.91 Å². The summed E-state index contributed by atoms with van der Waals surface area (Å²) < 4.78 is 0. The summed E-state index contributed by atoms with van der Waals surface area (Å²) in [7, 11) is 0. The number of likely N-dealkylation sites (tertiary alicyclic amines) is 1. The number of hydrogen-bond donors (Lipinski definition) is 2. The highest BCUT2D eigenvalue weighted by Crippen LogP contribution is 2.17. The van der Waals surface area contributed by atoms with Crippen LogP contribution in [0.3, 0.4) is 0 Å². The molecule has 2 N–H and O–H groups in total. The van der Waals surface area contributed by atoms with E-state index in [4.69, 9.17) is 0 Å². The number of rotatable bonds is 4. The molecule has 1 atom stereocenters. The topological polar surface area (TPSA) is 61.4 Å². The summed E-state index contributed by atoms with van der Waals surface area (Å²) in [6, 6.07) is -0.0447. The van der Waals surface area contributed by atoms with Crippen LogP contribution in [0.5, 0.6) is 0 Å². The van der Waals surface area contributed by atoms with Crippen molar-refractivity contribution in [3.8, 4) is 0 Å². The number of piperidine rings is 1. The minimum atomic E-state index is -0.365. The Kier molecular flexibility index (Phi) is 6.05. The Labute approximate surface area is 121 Å². The molecular formula is C15H27N3O2. The van der Waals surface area contributed by atoms with Gasteiger partial charge in [-0.05, 0) is 18.8 Å². The van der Waals surface area contributed by atoms with E-state index in [1.165, 1.54) is 0 Å². The van der Waals surface area contributed by atoms with Gasteiger partial charge in [0.15, 0.2) is 0 Å². The van der Waals surface area contributed by atoms with E-state index in [1.54, 1.807) is 6.08 Å². The molecule has 0 aliphatic carbocycles. The second kappa shape index (κ2) is 7.31. The van der Waals surface area contributed by atoms with Crippen molar-refractivity contribution in [1.82, 2.24) is 15.5 Å². The molecule has 0 aromatic heterocycles. The molecule has 1 heterocycles. The third-order valence-electron chi connectivity index (χ3n) is 3.44. The molecule has 3 amide bonds. The molecule has 0 bridgehead atoms. The largest absolute Gasteiger partial charge is 0.355 e. The van der Waals surface area contributed by atoms with Gasteiger partial charge < -0.3 is 15.5 Å². The Morgan fingerprint density at radius 3 is 2.65 bits per heavy atom. The van der Waals surface area contributed by atoms with Gasteiger partial charge in [0.25, 0.3) is 0 Å². The molecule has 20 heavy (non-hydrogen) atoms. The summed E-state index contributed by atoms with van der Waals surface area (Å²) in [6.45, 7) is 11.9. The van der Waals surface area contributed by atoms with E-state index in [2.05, 4.69) is 17.2 Å². The van der Waals surface area contributed by atoms with Crippen molar-refractivity contribution in [2.24, 2.45) is 11.3 Å². The van der Waals surface area contributed by atoms with Crippen LogP contribution in [0.15, 0.2) is 12.7 Å². The maximum absolute atomic E-state index is 11.9. The van der Waals surface area contributed by atoms with Crippen LogP contribution in [-0.2, 0) is 4.79 Å². The lowest BCUT2D eigenvalue weighted by Gasteiger charge is -2.33. The summed E-state index contributed by atoms with van der Waals surface area (Å²) in [6.07, 6.45) is 3.70. The minimum Gasteiger partial charge on any atom is -0.355 e. The van der Waals surface area contributed by atoms with Crippen LogP contribution in [0.1, 0.15) is 33.6 Å². The third kappa shape index (κ3) is 5.23. The van der Waals surface area contributed by atoms with Gasteiger partial charge in [-0.15, -0.1) is 6.58 Å². The van der Waals surface area contributed by atoms with Crippen molar-refractivity contribution in [2.45, 2.75) is 33.6 Å². The first-order valence-electron chi connectivity index (χ1n) is 7.26. The van der Waals surface area contributed by atoms with Gasteiger partial charge in [0.1, 0.15) is 0 Å². The van der Waals surface area contributed by atoms with Gasteiger partial charge in [0.05, 0.1) is 0 Å². The average Bonchev–Trinajstić information content (AvgIpc) is 2.41. The SMILES string of the molecule is C=CCNC(=O)N1CCCC(CNC(=O)C(C)(C)C)C1. The fourth-order valence-electron chi connectivity index (χ4n) is 2.19. The molecule has 1 saturated heterocycles. The van der Waals surface area contributed by atoms with E-state index in [9.17, 15) is 9.59 Å². The fourth-order valence-corrected chi connectivity index (χ4v) is 2.19. The Morgan fingerprint density at radius 1 is 1.35 bits per heavy atom. The molecule has 1 fully saturated rings. The quantitative estimate of drug-likeness (QED) is 0.771. The number of carbonyl (C=O) groups excluding carboxylic acids is 2. The number of nitrogens with one attached hydrogen (secondary N) is 2. The van der Waals surface area contributed by atoms with E-state index in [1.807, 2.05) is 25.7 Å². The highest BCUT2D eigenvalue weighted by Gasteiger charge is 2.26. The standard InChI is InChI=1S/C15H27N3O2/c1-5-8-16-14(20)18-9-6-7-12(11-18)10-17-13(19)15(2,3)4/h5,12H,1,6-11H2,2-4H3,(H,16,20)(H,17,19). The number of carbonyl (C=O) groups is 2. The van der Waals surface area contributed by atoms with Crippen LogP contribution in [0.2, 0.25) is 0 Å². The summed E-state index contributed by atoms with van der Waals surface area (Å²) in [5, 5.41) is 5.77. The van der Waals surface area contributed by atoms with Crippen molar-refractivity contribution in [3.63, 3.8) is 0 Å². The summed E-state index contributed by atoms with van der Waals surface area (Å²) in [4.78, 5) is 25.5. The van der Waals surface area contributed by atoms with Gasteiger partial charge in [-0.1, -0.05) is 26.8 Å². The molecule has 1 rings (SSSR count). The van der Waals surface area contributed by atoms with E-state index in [-0.39, 0.29) is 17.4 Å². The smallest absolute Gasteiger partial charge is 0.317 e. The lowest BCUT2D eigenvalue weighted by atomic mass is 9.94. The molecule has 0 aromatic rings. The fraction of sp³-hybridized carbons (Fsp3) is 0.733. The Morgan fingerprint density at radius 2 is 2.05 bits per heavy atom. The molecule has 0 aromatic carbocycles. The summed E-state index contributed by atoms with van der Waals surface area (Å²) in [5.41, 5.74) is -0.365. The lowest BCUT2D eigenvalue weighted by Crippen LogP contribution is -2.48. The van der Waals surface area contributed by atoms with Gasteiger partial charge in [-0.3, -0.25) is 4.79 Å². The van der Waals surface area contributed by atoms with Crippen LogP contribution in [0, 0.1) is 11.3 Å². The van der Waals surface area contributed by atoms with Gasteiger partial charge in [-0.2, -0.15) is 0 Å². The molecule has 114 valence electrons. The van der Waals surface area contributed by atoms with Crippen LogP contribution < -0.4 is 10.6 Å². The van der Waals surface area contributed by atoms with E-state index in [0.717, 1.165) is 19.4 Å². The van der Waals surface area contributed by atoms with E-state index >= 15 is 0 Å². The molecule has 1 aliphatic rings. The lowest BCUT2D eigenvalue weighted by molar-refractivity contribution is -0.128. The highest BCUT2D eigenvalue weighted by atomic mass is 16.2. The first-order valence-corrected chi connectivity index (χ1v) is 7.26. The first-order chi connectivity index (χ1) is 9.34. The number of amides is 3. The molecular weight excluding hydrogens is 254 g/mol. The van der Waals surface area contributed by atoms with Gasteiger partial charge >= 0.3 is 6.03 Å². The molecule has 1 unspecified atom stereocenters. The van der Waals surface area contributed by atoms with Crippen LogP contribution >= 0.6 is 0 Å². The van der Waals surface area contributed by atoms with Crippen molar-refractivity contribution >= 4 is 11.9 Å². The van der Waals surface area contributed by atoms with Crippen molar-refractivity contribution in [1.29, 1.82) is 0 Å². The molecule has 5 heteroatoms. The molecule has 5 nitrogen and oxygen atoms in total. The maximum Gasteiger partial charge on any atom is 0.317 e. The Bertz CT molecular complexity index is 361. The monoisotopic (exact) mass is 281 g/mol. The zero-order valence-corrected chi connectivity index (χ0v) is 12.9. The van der Waals surface area contributed by atoms with Crippen LogP contribution in [0.25, 0.3) is 0 Å². The molecule has 0 saturated carbocycles. The molecule has 0 radical (unpaired) electrons. The summed E-state index contributed by atoms with van der Waals surface area (Å²) >= 11 is 0. The second-order valence-corrected chi connectivity index (χ2v) is 6.39. The van der Waals surface area contributed by atoms with Gasteiger partial charge in [-0.25, -0.2) is 4.79 Å². The highest BCUT2D eigenvalue weighted by molar-refractivity contribution is 5.81. The Hall–Kier alpha value is -1.52. The molecule has 1 aliphatic heterocycles. The molecule has 0 spiro atoms. The minimum absolute atomic E-state index is 0.0447. The Balaban J connectivity index is 2.39. The van der Waals surface area contributed by atoms with E-state index < -0.39 is 0 Å². The van der Waals surface area contributed by atoms with Gasteiger partial charge in [0, 0.05) is 31.6 Å². The normalized spacial score (nSPS) is 19.4. The van der Waals surface area contributed by atoms with Crippen molar-refractivity contribution in [2.75, 3.05) is 26.2 Å². The van der Waals surface area contributed by atoms with Crippen LogP contribution in [-0.4, -0.2) is 43.0 Å². The number of hydrogen-bond acceptors (Lipinski definition) is 2. The zero-order chi connectivity index (χ0) is 15.2. The number of nitrogens with zero attached hydrogens (tertiary/aromatic N) is 1. The van der Waals surface area contributed by atoms with Crippen molar-refractivity contribution < 1.29 is 9.59 Å². The average molecular weight is 281 g/mol. The van der Waals surface area contributed by atoms with Crippen LogP contribution in [0.4, 0.5) is 4.79 Å². The van der Waals surface area contributed by atoms with E-state index in [0.29, 0.717) is 25.6 Å². The van der Waals surface area contributed by atoms with Crippen molar-refractivity contribution in [3.05, 3.63) is 12.7 Å². The predicted octanol–water partition coefficient (Wildman–Crippen LogP) is 1.76. The third-order valence-corrected chi connectivity index (χ3v) is 3.44. The zero-order valence-electron chi connectivity index (χ0n) is 12.9. The summed E-state index contributed by atoms with van der Waals surface area (Å²) in [5.74, 6) is 0.398. The number of urea groups is 1. The predicted molar refractivity (Wildman–Crippen MR) is 80.4 cm³/mol. The maximum atomic E-state index is 11.9.